The number of aromatic nitrogens is 2. The van der Waals surface area contributed by atoms with Crippen LogP contribution in [0.25, 0.3) is 21.9 Å². The van der Waals surface area contributed by atoms with E-state index in [1.807, 2.05) is 30.6 Å². The minimum atomic E-state index is -0.389. The van der Waals surface area contributed by atoms with Crippen LogP contribution in [-0.2, 0) is 18.3 Å². The monoisotopic (exact) mass is 637 g/mol. The minimum Gasteiger partial charge on any atom is -0.496 e. The molecule has 2 amide bonds. The van der Waals surface area contributed by atoms with Gasteiger partial charge in [-0.05, 0) is 60.2 Å². The number of piperidine rings is 1. The average Bonchev–Trinajstić information content (AvgIpc) is 3.69. The van der Waals surface area contributed by atoms with Crippen molar-refractivity contribution in [2.45, 2.75) is 25.5 Å². The fourth-order valence-electron chi connectivity index (χ4n) is 6.37. The van der Waals surface area contributed by atoms with E-state index in [4.69, 9.17) is 14.2 Å². The van der Waals surface area contributed by atoms with Gasteiger partial charge >= 0.3 is 0 Å². The summed E-state index contributed by atoms with van der Waals surface area (Å²) < 4.78 is 19.6. The molecule has 0 radical (unpaired) electrons. The molecule has 1 fully saturated rings. The zero-order chi connectivity index (χ0) is 32.7. The van der Waals surface area contributed by atoms with Crippen LogP contribution in [0.5, 0.6) is 11.5 Å². The summed E-state index contributed by atoms with van der Waals surface area (Å²) in [6.45, 7) is 2.76. The Balaban J connectivity index is 0.986. The lowest BCUT2D eigenvalue weighted by Crippen LogP contribution is -2.38. The number of hydrogen-bond donors (Lipinski definition) is 3. The molecule has 3 aliphatic rings. The summed E-state index contributed by atoms with van der Waals surface area (Å²) in [5.41, 5.74) is 11.1. The van der Waals surface area contributed by atoms with Crippen molar-refractivity contribution < 1.29 is 23.8 Å². The molecule has 0 bridgehead atoms. The lowest BCUT2D eigenvalue weighted by atomic mass is 9.98. The predicted molar refractivity (Wildman–Crippen MR) is 175 cm³/mol. The second-order valence-corrected chi connectivity index (χ2v) is 11.8. The molecule has 3 aliphatic heterocycles. The first kappa shape index (κ1) is 30.4. The third kappa shape index (κ3) is 5.80. The molecule has 5 heterocycles. The Hall–Kier alpha value is -5.24. The summed E-state index contributed by atoms with van der Waals surface area (Å²) in [6, 6.07) is 11.0. The average molecular weight is 638 g/mol. The number of amides is 2. The standard InChI is InChI=1S/C34H35N7O6/c1-39-17-28(24-6-9-35-15-27(24)34(39)44)20-12-30(45-2)29(31(13-20)46-3)18-40-10-7-23(8-11-40)47-19-21-16-41(38-37-21)22-4-5-25-26(14-22)33(43)36-32(25)42/h4-6,9,12-17,23,37-38H,7-8,10-11,18-19H2,1-3H3,(H,36,42,43). The number of rotatable bonds is 9. The molecule has 13 heteroatoms. The van der Waals surface area contributed by atoms with Gasteiger partial charge in [0.2, 0.25) is 0 Å². The third-order valence-electron chi connectivity index (χ3n) is 8.91. The number of anilines is 1. The van der Waals surface area contributed by atoms with E-state index in [1.54, 1.807) is 61.4 Å². The number of carbonyl (C=O) groups excluding carboxylic acids is 2. The van der Waals surface area contributed by atoms with Crippen LogP contribution in [0.4, 0.5) is 5.69 Å². The van der Waals surface area contributed by atoms with E-state index in [9.17, 15) is 14.4 Å². The van der Waals surface area contributed by atoms with Crippen molar-refractivity contribution in [1.29, 1.82) is 0 Å². The molecule has 7 rings (SSSR count). The van der Waals surface area contributed by atoms with Crippen molar-refractivity contribution in [1.82, 2.24) is 30.7 Å². The maximum absolute atomic E-state index is 12.7. The number of fused-ring (bicyclic) bond motifs is 2. The molecule has 4 aromatic rings. The highest BCUT2D eigenvalue weighted by Gasteiger charge is 2.28. The van der Waals surface area contributed by atoms with E-state index in [0.29, 0.717) is 29.7 Å². The van der Waals surface area contributed by atoms with Crippen molar-refractivity contribution in [3.8, 4) is 22.6 Å². The van der Waals surface area contributed by atoms with Gasteiger partial charge in [-0.3, -0.25) is 34.6 Å². The Labute approximate surface area is 270 Å². The van der Waals surface area contributed by atoms with Gasteiger partial charge in [-0.15, -0.1) is 5.53 Å². The van der Waals surface area contributed by atoms with Gasteiger partial charge < -0.3 is 24.2 Å². The highest BCUT2D eigenvalue weighted by atomic mass is 16.5. The first-order chi connectivity index (χ1) is 22.8. The van der Waals surface area contributed by atoms with Gasteiger partial charge in [0.15, 0.2) is 0 Å². The maximum atomic E-state index is 12.7. The van der Waals surface area contributed by atoms with Gasteiger partial charge in [-0.2, -0.15) is 0 Å². The van der Waals surface area contributed by atoms with Crippen LogP contribution >= 0.6 is 0 Å². The topological polar surface area (TPSA) is 139 Å². The van der Waals surface area contributed by atoms with Gasteiger partial charge in [0.25, 0.3) is 17.4 Å². The molecule has 2 aromatic heterocycles. The fraction of sp³-hybridized carbons (Fsp3) is 0.294. The van der Waals surface area contributed by atoms with Crippen molar-refractivity contribution in [2.24, 2.45) is 7.05 Å². The van der Waals surface area contributed by atoms with Crippen LogP contribution in [0, 0.1) is 0 Å². The number of carbonyl (C=O) groups is 2. The number of hydrogen-bond acceptors (Lipinski definition) is 11. The zero-order valence-corrected chi connectivity index (χ0v) is 26.3. The number of hydrazine groups is 2. The number of ether oxygens (including phenoxy) is 3. The number of nitrogens with zero attached hydrogens (tertiary/aromatic N) is 4. The fourth-order valence-corrected chi connectivity index (χ4v) is 6.37. The number of aryl methyl sites for hydroxylation is 1. The number of likely N-dealkylation sites (tertiary alicyclic amines) is 1. The van der Waals surface area contributed by atoms with Gasteiger partial charge in [0, 0.05) is 57.0 Å². The molecule has 2 aromatic carbocycles. The summed E-state index contributed by atoms with van der Waals surface area (Å²) in [6.07, 6.45) is 8.87. The van der Waals surface area contributed by atoms with Crippen molar-refractivity contribution in [3.05, 3.63) is 93.9 Å². The molecule has 1 saturated heterocycles. The normalized spacial score (nSPS) is 16.7. The Kier molecular flexibility index (Phi) is 8.10. The minimum absolute atomic E-state index is 0.0965. The Morgan fingerprint density at radius 3 is 2.40 bits per heavy atom. The molecule has 0 unspecified atom stereocenters. The zero-order valence-electron chi connectivity index (χ0n) is 26.3. The first-order valence-corrected chi connectivity index (χ1v) is 15.4. The van der Waals surface area contributed by atoms with Gasteiger partial charge in [0.05, 0.1) is 60.4 Å². The Morgan fingerprint density at radius 1 is 0.915 bits per heavy atom. The quantitative estimate of drug-likeness (QED) is 0.234. The van der Waals surface area contributed by atoms with E-state index < -0.39 is 0 Å². The molecule has 0 aliphatic carbocycles. The second-order valence-electron chi connectivity index (χ2n) is 11.8. The van der Waals surface area contributed by atoms with Crippen LogP contribution < -0.4 is 36.3 Å². The highest BCUT2D eigenvalue weighted by molar-refractivity contribution is 6.21. The molecular formula is C34H35N7O6. The van der Waals surface area contributed by atoms with Crippen LogP contribution in [-0.4, -0.2) is 66.3 Å². The number of imide groups is 1. The van der Waals surface area contributed by atoms with E-state index >= 15 is 0 Å². The number of benzene rings is 2. The molecule has 0 spiro atoms. The summed E-state index contributed by atoms with van der Waals surface area (Å²) in [5.74, 6) is 0.682. The molecule has 0 atom stereocenters. The van der Waals surface area contributed by atoms with E-state index in [-0.39, 0.29) is 23.5 Å². The highest BCUT2D eigenvalue weighted by Crippen LogP contribution is 2.38. The second kappa shape index (κ2) is 12.5. The SMILES string of the molecule is COc1cc(-c2cn(C)c(=O)c3cnccc23)cc(OC)c1CN1CCC(OCC2=CN(c3ccc4c(c3)C(=O)NC4=O)NN2)CC1. The summed E-state index contributed by atoms with van der Waals surface area (Å²) in [4.78, 5) is 43.1. The molecule has 242 valence electrons. The number of pyridine rings is 2. The van der Waals surface area contributed by atoms with Gasteiger partial charge in [-0.1, -0.05) is 0 Å². The summed E-state index contributed by atoms with van der Waals surface area (Å²) >= 11 is 0. The molecule has 47 heavy (non-hydrogen) atoms. The van der Waals surface area contributed by atoms with Crippen LogP contribution in [0.15, 0.2) is 71.7 Å². The number of methoxy groups -OCH3 is 2. The largest absolute Gasteiger partial charge is 0.496 e. The van der Waals surface area contributed by atoms with Crippen molar-refractivity contribution >= 4 is 28.3 Å². The van der Waals surface area contributed by atoms with Crippen LogP contribution in [0.3, 0.4) is 0 Å². The third-order valence-corrected chi connectivity index (χ3v) is 8.91. The van der Waals surface area contributed by atoms with Crippen molar-refractivity contribution in [3.63, 3.8) is 0 Å². The van der Waals surface area contributed by atoms with Crippen LogP contribution in [0.1, 0.15) is 39.1 Å². The molecular weight excluding hydrogens is 602 g/mol. The molecule has 3 N–H and O–H groups in total. The van der Waals surface area contributed by atoms with E-state index in [1.165, 1.54) is 0 Å². The number of nitrogens with one attached hydrogen (secondary N) is 3. The Morgan fingerprint density at radius 2 is 1.66 bits per heavy atom. The van der Waals surface area contributed by atoms with Gasteiger partial charge in [-0.25, -0.2) is 0 Å². The van der Waals surface area contributed by atoms with Crippen molar-refractivity contribution in [2.75, 3.05) is 38.9 Å². The first-order valence-electron chi connectivity index (χ1n) is 15.4. The molecule has 13 nitrogen and oxygen atoms in total. The lowest BCUT2D eigenvalue weighted by Gasteiger charge is -2.32. The smallest absolute Gasteiger partial charge is 0.259 e. The predicted octanol–water partition coefficient (Wildman–Crippen LogP) is 2.85. The maximum Gasteiger partial charge on any atom is 0.259 e. The Bertz CT molecular complexity index is 1960. The summed E-state index contributed by atoms with van der Waals surface area (Å²) in [5, 5.41) is 5.45. The lowest BCUT2D eigenvalue weighted by molar-refractivity contribution is 0.0153. The van der Waals surface area contributed by atoms with E-state index in [2.05, 4.69) is 26.2 Å². The molecule has 0 saturated carbocycles. The van der Waals surface area contributed by atoms with Gasteiger partial charge in [0.1, 0.15) is 11.5 Å². The van der Waals surface area contributed by atoms with Crippen LogP contribution in [0.2, 0.25) is 0 Å². The van der Waals surface area contributed by atoms with E-state index in [0.717, 1.165) is 70.9 Å². The summed E-state index contributed by atoms with van der Waals surface area (Å²) in [7, 11) is 5.06.